The van der Waals surface area contributed by atoms with Gasteiger partial charge in [-0.25, -0.2) is 0 Å². The van der Waals surface area contributed by atoms with E-state index in [-0.39, 0.29) is 24.6 Å². The van der Waals surface area contributed by atoms with Crippen LogP contribution in [0.3, 0.4) is 0 Å². The number of aromatic nitrogens is 2. The molecule has 2 aliphatic rings. The smallest absolute Gasteiger partial charge is 0.248 e. The Morgan fingerprint density at radius 1 is 1.38 bits per heavy atom. The van der Waals surface area contributed by atoms with Crippen LogP contribution < -0.4 is 15.4 Å². The molecule has 24 heavy (non-hydrogen) atoms. The summed E-state index contributed by atoms with van der Waals surface area (Å²) in [6.07, 6.45) is 4.07. The Kier molecular flexibility index (Phi) is 3.95. The van der Waals surface area contributed by atoms with Crippen molar-refractivity contribution in [3.8, 4) is 5.75 Å². The second-order valence-corrected chi connectivity index (χ2v) is 6.16. The molecule has 126 valence electrons. The second kappa shape index (κ2) is 6.26. The van der Waals surface area contributed by atoms with Crippen LogP contribution in [0.4, 0.5) is 5.69 Å². The van der Waals surface area contributed by atoms with Crippen molar-refractivity contribution in [3.63, 3.8) is 0 Å². The first-order chi connectivity index (χ1) is 11.7. The number of amides is 1. The van der Waals surface area contributed by atoms with Gasteiger partial charge in [0.2, 0.25) is 5.91 Å². The standard InChI is InChI=1S/C17H20N4O3/c18-14-10-23-11-16(14)24-13-7-19-20(8-13)9-17(22)21-6-5-12-3-1-2-4-15(12)21/h1-4,7-8,14,16H,5-6,9-11,18H2/t14-,16+/m0/s1. The van der Waals surface area contributed by atoms with Crippen LogP contribution in [0.1, 0.15) is 5.56 Å². The molecule has 2 aliphatic heterocycles. The summed E-state index contributed by atoms with van der Waals surface area (Å²) in [6, 6.07) is 7.88. The molecule has 0 bridgehead atoms. The van der Waals surface area contributed by atoms with Crippen molar-refractivity contribution in [2.75, 3.05) is 24.7 Å². The van der Waals surface area contributed by atoms with E-state index in [1.165, 1.54) is 5.56 Å². The van der Waals surface area contributed by atoms with Crippen molar-refractivity contribution in [2.45, 2.75) is 25.1 Å². The summed E-state index contributed by atoms with van der Waals surface area (Å²) in [7, 11) is 0. The summed E-state index contributed by atoms with van der Waals surface area (Å²) < 4.78 is 12.6. The zero-order valence-electron chi connectivity index (χ0n) is 13.3. The molecule has 7 nitrogen and oxygen atoms in total. The van der Waals surface area contributed by atoms with Gasteiger partial charge in [0.05, 0.1) is 31.6 Å². The van der Waals surface area contributed by atoms with E-state index in [0.717, 1.165) is 18.7 Å². The fourth-order valence-electron chi connectivity index (χ4n) is 3.16. The summed E-state index contributed by atoms with van der Waals surface area (Å²) >= 11 is 0. The summed E-state index contributed by atoms with van der Waals surface area (Å²) in [5.41, 5.74) is 8.12. The van der Waals surface area contributed by atoms with Gasteiger partial charge in [-0.2, -0.15) is 5.10 Å². The lowest BCUT2D eigenvalue weighted by atomic mass is 10.2. The fourth-order valence-corrected chi connectivity index (χ4v) is 3.16. The number of nitrogens with two attached hydrogens (primary N) is 1. The van der Waals surface area contributed by atoms with Gasteiger partial charge in [0.15, 0.2) is 5.75 Å². The van der Waals surface area contributed by atoms with Gasteiger partial charge in [-0.05, 0) is 18.1 Å². The monoisotopic (exact) mass is 328 g/mol. The Bertz CT molecular complexity index is 745. The highest BCUT2D eigenvalue weighted by Crippen LogP contribution is 2.27. The Hall–Kier alpha value is -2.38. The van der Waals surface area contributed by atoms with E-state index in [4.69, 9.17) is 15.2 Å². The summed E-state index contributed by atoms with van der Waals surface area (Å²) in [5.74, 6) is 0.631. The third-order valence-electron chi connectivity index (χ3n) is 4.45. The Morgan fingerprint density at radius 2 is 2.25 bits per heavy atom. The number of ether oxygens (including phenoxy) is 2. The summed E-state index contributed by atoms with van der Waals surface area (Å²) in [6.45, 7) is 1.89. The molecule has 1 fully saturated rings. The van der Waals surface area contributed by atoms with Crippen molar-refractivity contribution in [2.24, 2.45) is 5.73 Å². The molecule has 1 amide bonds. The van der Waals surface area contributed by atoms with Crippen molar-refractivity contribution in [1.29, 1.82) is 0 Å². The molecule has 0 aliphatic carbocycles. The van der Waals surface area contributed by atoms with E-state index in [1.807, 2.05) is 23.1 Å². The molecule has 7 heteroatoms. The number of hydrogen-bond donors (Lipinski definition) is 1. The van der Waals surface area contributed by atoms with E-state index in [9.17, 15) is 4.79 Å². The molecular formula is C17H20N4O3. The van der Waals surface area contributed by atoms with Crippen LogP contribution >= 0.6 is 0 Å². The predicted molar refractivity (Wildman–Crippen MR) is 87.9 cm³/mol. The summed E-state index contributed by atoms with van der Waals surface area (Å²) in [5, 5.41) is 4.21. The number of anilines is 1. The molecule has 1 aromatic heterocycles. The van der Waals surface area contributed by atoms with Crippen molar-refractivity contribution >= 4 is 11.6 Å². The van der Waals surface area contributed by atoms with Crippen LogP contribution in [0.25, 0.3) is 0 Å². The van der Waals surface area contributed by atoms with Crippen LogP contribution in [0.15, 0.2) is 36.7 Å². The number of fused-ring (bicyclic) bond motifs is 1. The molecule has 0 saturated carbocycles. The average molecular weight is 328 g/mol. The van der Waals surface area contributed by atoms with E-state index < -0.39 is 0 Å². The first-order valence-electron chi connectivity index (χ1n) is 8.11. The van der Waals surface area contributed by atoms with Gasteiger partial charge >= 0.3 is 0 Å². The average Bonchev–Trinajstić information content (AvgIpc) is 3.29. The highest BCUT2D eigenvalue weighted by atomic mass is 16.5. The maximum absolute atomic E-state index is 12.6. The van der Waals surface area contributed by atoms with Gasteiger partial charge < -0.3 is 20.1 Å². The van der Waals surface area contributed by atoms with Crippen LogP contribution in [0.2, 0.25) is 0 Å². The molecule has 4 rings (SSSR count). The Labute approximate surface area is 139 Å². The van der Waals surface area contributed by atoms with Gasteiger partial charge in [-0.3, -0.25) is 9.48 Å². The number of benzene rings is 1. The first kappa shape index (κ1) is 15.2. The van der Waals surface area contributed by atoms with Gasteiger partial charge in [-0.15, -0.1) is 0 Å². The number of carbonyl (C=O) groups is 1. The van der Waals surface area contributed by atoms with Crippen LogP contribution in [0, 0.1) is 0 Å². The minimum Gasteiger partial charge on any atom is -0.483 e. The minimum atomic E-state index is -0.163. The van der Waals surface area contributed by atoms with Gasteiger partial charge in [0.1, 0.15) is 12.6 Å². The molecule has 2 N–H and O–H groups in total. The lowest BCUT2D eigenvalue weighted by Gasteiger charge is -2.17. The first-order valence-corrected chi connectivity index (χ1v) is 8.11. The minimum absolute atomic E-state index is 0.0236. The largest absolute Gasteiger partial charge is 0.483 e. The maximum atomic E-state index is 12.6. The van der Waals surface area contributed by atoms with E-state index in [0.29, 0.717) is 19.0 Å². The second-order valence-electron chi connectivity index (χ2n) is 6.16. The number of para-hydroxylation sites is 1. The molecule has 1 saturated heterocycles. The molecule has 2 aromatic rings. The molecule has 0 spiro atoms. The van der Waals surface area contributed by atoms with E-state index >= 15 is 0 Å². The van der Waals surface area contributed by atoms with Gasteiger partial charge in [-0.1, -0.05) is 18.2 Å². The molecule has 3 heterocycles. The lowest BCUT2D eigenvalue weighted by molar-refractivity contribution is -0.119. The highest BCUT2D eigenvalue weighted by molar-refractivity contribution is 5.95. The zero-order chi connectivity index (χ0) is 16.5. The SMILES string of the molecule is N[C@H]1COC[C@H]1Oc1cnn(CC(=O)N2CCc3ccccc32)c1. The predicted octanol–water partition coefficient (Wildman–Crippen LogP) is 0.577. The van der Waals surface area contributed by atoms with E-state index in [2.05, 4.69) is 11.2 Å². The van der Waals surface area contributed by atoms with Crippen LogP contribution in [-0.2, 0) is 22.5 Å². The number of hydrogen-bond acceptors (Lipinski definition) is 5. The van der Waals surface area contributed by atoms with Crippen LogP contribution in [-0.4, -0.2) is 47.6 Å². The molecule has 2 atom stereocenters. The van der Waals surface area contributed by atoms with Crippen molar-refractivity contribution in [3.05, 3.63) is 42.2 Å². The lowest BCUT2D eigenvalue weighted by Crippen LogP contribution is -2.37. The quantitative estimate of drug-likeness (QED) is 0.888. The molecule has 0 unspecified atom stereocenters. The third-order valence-corrected chi connectivity index (χ3v) is 4.45. The normalized spacial score (nSPS) is 22.6. The van der Waals surface area contributed by atoms with Crippen molar-refractivity contribution < 1.29 is 14.3 Å². The topological polar surface area (TPSA) is 82.6 Å². The number of nitrogens with zero attached hydrogens (tertiary/aromatic N) is 3. The third kappa shape index (κ3) is 2.88. The molecule has 0 radical (unpaired) electrons. The van der Waals surface area contributed by atoms with Gasteiger partial charge in [0, 0.05) is 12.2 Å². The fraction of sp³-hybridized carbons (Fsp3) is 0.412. The van der Waals surface area contributed by atoms with Gasteiger partial charge in [0.25, 0.3) is 0 Å². The Morgan fingerprint density at radius 3 is 3.08 bits per heavy atom. The molecule has 1 aromatic carbocycles. The Balaban J connectivity index is 1.40. The van der Waals surface area contributed by atoms with E-state index in [1.54, 1.807) is 17.1 Å². The zero-order valence-corrected chi connectivity index (χ0v) is 13.3. The van der Waals surface area contributed by atoms with Crippen LogP contribution in [0.5, 0.6) is 5.75 Å². The van der Waals surface area contributed by atoms with Crippen molar-refractivity contribution in [1.82, 2.24) is 9.78 Å². The number of carbonyl (C=O) groups excluding carboxylic acids is 1. The maximum Gasteiger partial charge on any atom is 0.248 e. The molecular weight excluding hydrogens is 308 g/mol. The summed E-state index contributed by atoms with van der Waals surface area (Å²) in [4.78, 5) is 14.4. The highest BCUT2D eigenvalue weighted by Gasteiger charge is 2.27. The number of rotatable bonds is 4.